The maximum Gasteiger partial charge on any atom is 0.196 e. The predicted octanol–water partition coefficient (Wildman–Crippen LogP) is 4.59. The van der Waals surface area contributed by atoms with Gasteiger partial charge in [0.05, 0.1) is 5.69 Å². The molecule has 2 rings (SSSR count). The zero-order valence-electron chi connectivity index (χ0n) is 10.7. The molecule has 0 amide bonds. The van der Waals surface area contributed by atoms with Crippen LogP contribution in [0.2, 0.25) is 0 Å². The molecule has 4 heteroatoms. The number of hydrogen-bond donors (Lipinski definition) is 1. The molecular formula is C15H14F3N. The number of aryl methyl sites for hydroxylation is 1. The molecule has 0 spiro atoms. The molecule has 0 aliphatic rings. The Morgan fingerprint density at radius 1 is 0.947 bits per heavy atom. The predicted molar refractivity (Wildman–Crippen MR) is 69.5 cm³/mol. The molecule has 0 aliphatic heterocycles. The van der Waals surface area contributed by atoms with Crippen molar-refractivity contribution in [3.8, 4) is 0 Å². The van der Waals surface area contributed by atoms with Crippen LogP contribution in [-0.2, 0) is 0 Å². The molecule has 0 saturated carbocycles. The molecular weight excluding hydrogens is 251 g/mol. The van der Waals surface area contributed by atoms with Gasteiger partial charge in [-0.3, -0.25) is 0 Å². The van der Waals surface area contributed by atoms with Crippen LogP contribution in [0.1, 0.15) is 24.1 Å². The molecule has 2 aromatic carbocycles. The van der Waals surface area contributed by atoms with Gasteiger partial charge < -0.3 is 5.32 Å². The Kier molecular flexibility index (Phi) is 3.79. The van der Waals surface area contributed by atoms with Gasteiger partial charge in [0, 0.05) is 6.04 Å². The van der Waals surface area contributed by atoms with Gasteiger partial charge in [0.15, 0.2) is 17.5 Å². The Morgan fingerprint density at radius 2 is 1.63 bits per heavy atom. The van der Waals surface area contributed by atoms with Gasteiger partial charge in [-0.05, 0) is 37.1 Å². The molecule has 1 nitrogen and oxygen atoms in total. The van der Waals surface area contributed by atoms with Crippen LogP contribution in [0.3, 0.4) is 0 Å². The highest BCUT2D eigenvalue weighted by Gasteiger charge is 2.15. The summed E-state index contributed by atoms with van der Waals surface area (Å²) in [5, 5.41) is 2.85. The number of benzene rings is 2. The van der Waals surface area contributed by atoms with Gasteiger partial charge in [-0.1, -0.05) is 24.3 Å². The summed E-state index contributed by atoms with van der Waals surface area (Å²) in [4.78, 5) is 0. The van der Waals surface area contributed by atoms with Crippen molar-refractivity contribution in [2.24, 2.45) is 0 Å². The van der Waals surface area contributed by atoms with Gasteiger partial charge in [0.1, 0.15) is 0 Å². The maximum absolute atomic E-state index is 13.6. The second-order valence-electron chi connectivity index (χ2n) is 4.45. The number of rotatable bonds is 3. The summed E-state index contributed by atoms with van der Waals surface area (Å²) in [5.74, 6) is -3.84. The number of anilines is 1. The van der Waals surface area contributed by atoms with E-state index in [0.29, 0.717) is 0 Å². The Bertz CT molecular complexity index is 596. The third-order valence-electron chi connectivity index (χ3n) is 3.06. The van der Waals surface area contributed by atoms with Crippen LogP contribution in [0, 0.1) is 24.4 Å². The molecule has 0 bridgehead atoms. The molecule has 0 aromatic heterocycles. The maximum atomic E-state index is 13.6. The van der Waals surface area contributed by atoms with Crippen LogP contribution >= 0.6 is 0 Å². The van der Waals surface area contributed by atoms with E-state index in [-0.39, 0.29) is 11.7 Å². The first-order valence-corrected chi connectivity index (χ1v) is 5.96. The van der Waals surface area contributed by atoms with Crippen LogP contribution < -0.4 is 5.32 Å². The monoisotopic (exact) mass is 265 g/mol. The second kappa shape index (κ2) is 5.34. The highest BCUT2D eigenvalue weighted by Crippen LogP contribution is 2.25. The van der Waals surface area contributed by atoms with Crippen molar-refractivity contribution in [3.63, 3.8) is 0 Å². The normalized spacial score (nSPS) is 12.3. The largest absolute Gasteiger partial charge is 0.376 e. The molecule has 100 valence electrons. The Morgan fingerprint density at radius 3 is 2.32 bits per heavy atom. The summed E-state index contributed by atoms with van der Waals surface area (Å²) >= 11 is 0. The smallest absolute Gasteiger partial charge is 0.196 e. The lowest BCUT2D eigenvalue weighted by atomic mass is 10.0. The van der Waals surface area contributed by atoms with Crippen LogP contribution in [0.4, 0.5) is 18.9 Å². The summed E-state index contributed by atoms with van der Waals surface area (Å²) in [6, 6.07) is 9.53. The first kappa shape index (κ1) is 13.5. The first-order chi connectivity index (χ1) is 9.00. The van der Waals surface area contributed by atoms with Gasteiger partial charge in [-0.15, -0.1) is 0 Å². The molecule has 0 fully saturated rings. The lowest BCUT2D eigenvalue weighted by Gasteiger charge is -2.18. The van der Waals surface area contributed by atoms with Crippen molar-refractivity contribution in [1.82, 2.24) is 0 Å². The molecule has 1 N–H and O–H groups in total. The minimum Gasteiger partial charge on any atom is -0.376 e. The van der Waals surface area contributed by atoms with E-state index in [1.165, 1.54) is 6.07 Å². The van der Waals surface area contributed by atoms with Gasteiger partial charge in [-0.2, -0.15) is 0 Å². The highest BCUT2D eigenvalue weighted by atomic mass is 19.2. The number of hydrogen-bond acceptors (Lipinski definition) is 1. The van der Waals surface area contributed by atoms with E-state index in [0.717, 1.165) is 17.2 Å². The molecule has 2 aromatic rings. The second-order valence-corrected chi connectivity index (χ2v) is 4.45. The topological polar surface area (TPSA) is 12.0 Å². The lowest BCUT2D eigenvalue weighted by molar-refractivity contribution is 0.448. The van der Waals surface area contributed by atoms with Crippen molar-refractivity contribution in [1.29, 1.82) is 0 Å². The first-order valence-electron chi connectivity index (χ1n) is 5.96. The average molecular weight is 265 g/mol. The van der Waals surface area contributed by atoms with E-state index >= 15 is 0 Å². The SMILES string of the molecule is Cc1ccccc1C(C)Nc1ccc(F)c(F)c1F. The van der Waals surface area contributed by atoms with Gasteiger partial charge in [-0.25, -0.2) is 13.2 Å². The zero-order chi connectivity index (χ0) is 14.0. The summed E-state index contributed by atoms with van der Waals surface area (Å²) in [5.41, 5.74) is 1.98. The van der Waals surface area contributed by atoms with E-state index in [1.807, 2.05) is 38.1 Å². The van der Waals surface area contributed by atoms with E-state index in [9.17, 15) is 13.2 Å². The van der Waals surface area contributed by atoms with Crippen LogP contribution in [0.15, 0.2) is 36.4 Å². The number of halogens is 3. The van der Waals surface area contributed by atoms with Crippen molar-refractivity contribution >= 4 is 5.69 Å². The van der Waals surface area contributed by atoms with E-state index in [1.54, 1.807) is 0 Å². The van der Waals surface area contributed by atoms with Crippen molar-refractivity contribution in [2.75, 3.05) is 5.32 Å². The standard InChI is InChI=1S/C15H14F3N/c1-9-5-3-4-6-11(9)10(2)19-13-8-7-12(16)14(17)15(13)18/h3-8,10,19H,1-2H3. The molecule has 1 atom stereocenters. The third kappa shape index (κ3) is 2.72. The van der Waals surface area contributed by atoms with E-state index in [4.69, 9.17) is 0 Å². The Labute approximate surface area is 110 Å². The lowest BCUT2D eigenvalue weighted by Crippen LogP contribution is -2.10. The number of nitrogens with one attached hydrogen (secondary N) is 1. The fraction of sp³-hybridized carbons (Fsp3) is 0.200. The third-order valence-corrected chi connectivity index (χ3v) is 3.06. The minimum absolute atomic E-state index is 0.0466. The van der Waals surface area contributed by atoms with Crippen molar-refractivity contribution < 1.29 is 13.2 Å². The molecule has 0 heterocycles. The molecule has 0 saturated heterocycles. The molecule has 0 radical (unpaired) electrons. The van der Waals surface area contributed by atoms with Crippen molar-refractivity contribution in [3.05, 3.63) is 65.0 Å². The van der Waals surface area contributed by atoms with Gasteiger partial charge in [0.2, 0.25) is 0 Å². The van der Waals surface area contributed by atoms with Gasteiger partial charge >= 0.3 is 0 Å². The minimum atomic E-state index is -1.46. The Balaban J connectivity index is 2.27. The van der Waals surface area contributed by atoms with Crippen LogP contribution in [-0.4, -0.2) is 0 Å². The molecule has 0 aliphatic carbocycles. The van der Waals surface area contributed by atoms with Gasteiger partial charge in [0.25, 0.3) is 0 Å². The van der Waals surface area contributed by atoms with E-state index in [2.05, 4.69) is 5.32 Å². The quantitative estimate of drug-likeness (QED) is 0.801. The van der Waals surface area contributed by atoms with E-state index < -0.39 is 17.5 Å². The fourth-order valence-corrected chi connectivity index (χ4v) is 2.02. The molecule has 19 heavy (non-hydrogen) atoms. The van der Waals surface area contributed by atoms with Crippen LogP contribution in [0.25, 0.3) is 0 Å². The zero-order valence-corrected chi connectivity index (χ0v) is 10.7. The summed E-state index contributed by atoms with van der Waals surface area (Å²) in [6.07, 6.45) is 0. The summed E-state index contributed by atoms with van der Waals surface area (Å²) < 4.78 is 39.5. The summed E-state index contributed by atoms with van der Waals surface area (Å²) in [7, 11) is 0. The summed E-state index contributed by atoms with van der Waals surface area (Å²) in [6.45, 7) is 3.78. The highest BCUT2D eigenvalue weighted by molar-refractivity contribution is 5.48. The Hall–Kier alpha value is -1.97. The van der Waals surface area contributed by atoms with Crippen molar-refractivity contribution in [2.45, 2.75) is 19.9 Å². The fourth-order valence-electron chi connectivity index (χ4n) is 2.02. The van der Waals surface area contributed by atoms with Crippen LogP contribution in [0.5, 0.6) is 0 Å². The average Bonchev–Trinajstić information content (AvgIpc) is 2.40. The molecule has 1 unspecified atom stereocenters.